The lowest BCUT2D eigenvalue weighted by Crippen LogP contribution is -2.35. The molecule has 4 aromatic rings. The summed E-state index contributed by atoms with van der Waals surface area (Å²) in [5.41, 5.74) is 2.91. The Labute approximate surface area is 221 Å². The van der Waals surface area contributed by atoms with E-state index in [9.17, 15) is 13.2 Å². The summed E-state index contributed by atoms with van der Waals surface area (Å²) in [5.74, 6) is 0.748. The van der Waals surface area contributed by atoms with E-state index >= 15 is 0 Å². The summed E-state index contributed by atoms with van der Waals surface area (Å²) < 4.78 is 26.6. The van der Waals surface area contributed by atoms with Gasteiger partial charge in [-0.25, -0.2) is 18.4 Å². The quantitative estimate of drug-likeness (QED) is 0.354. The molecule has 10 heteroatoms. The van der Waals surface area contributed by atoms with Gasteiger partial charge >= 0.3 is 0 Å². The fourth-order valence-corrected chi connectivity index (χ4v) is 5.52. The highest BCUT2D eigenvalue weighted by atomic mass is 35.5. The Morgan fingerprint density at radius 3 is 2.62 bits per heavy atom. The van der Waals surface area contributed by atoms with E-state index in [-0.39, 0.29) is 10.8 Å². The van der Waals surface area contributed by atoms with Crippen LogP contribution in [0.15, 0.2) is 72.0 Å². The molecular weight excluding hydrogens is 510 g/mol. The molecule has 0 unspecified atom stereocenters. The third kappa shape index (κ3) is 5.78. The van der Waals surface area contributed by atoms with E-state index in [0.717, 1.165) is 56.2 Å². The summed E-state index contributed by atoms with van der Waals surface area (Å²) in [7, 11) is -3.49. The van der Waals surface area contributed by atoms with Crippen molar-refractivity contribution < 1.29 is 13.2 Å². The van der Waals surface area contributed by atoms with E-state index in [4.69, 9.17) is 11.6 Å². The molecule has 2 aromatic heterocycles. The lowest BCUT2D eigenvalue weighted by molar-refractivity contribution is 0.102. The van der Waals surface area contributed by atoms with Crippen LogP contribution in [0.5, 0.6) is 0 Å². The normalized spacial score (nSPS) is 14.7. The molecule has 8 nitrogen and oxygen atoms in total. The van der Waals surface area contributed by atoms with Crippen LogP contribution >= 0.6 is 11.6 Å². The predicted octanol–water partition coefficient (Wildman–Crippen LogP) is 5.05. The Bertz CT molecular complexity index is 1540. The van der Waals surface area contributed by atoms with Crippen molar-refractivity contribution in [1.82, 2.24) is 14.5 Å². The maximum absolute atomic E-state index is 12.9. The number of benzene rings is 2. The number of aryl methyl sites for hydroxylation is 1. The van der Waals surface area contributed by atoms with Gasteiger partial charge in [0.05, 0.1) is 27.9 Å². The fraction of sp³-hybridized carbons (Fsp3) is 0.296. The van der Waals surface area contributed by atoms with Crippen LogP contribution < -0.4 is 10.2 Å². The monoisotopic (exact) mass is 537 g/mol. The third-order valence-corrected chi connectivity index (χ3v) is 8.14. The molecule has 1 aliphatic rings. The number of para-hydroxylation sites is 2. The summed E-state index contributed by atoms with van der Waals surface area (Å²) in [5, 5.41) is 3.31. The van der Waals surface area contributed by atoms with Gasteiger partial charge in [-0.3, -0.25) is 4.79 Å². The van der Waals surface area contributed by atoms with Crippen LogP contribution in [0.25, 0.3) is 11.0 Å². The van der Waals surface area contributed by atoms with Gasteiger partial charge in [0.2, 0.25) is 0 Å². The van der Waals surface area contributed by atoms with Crippen molar-refractivity contribution in [3.05, 3.63) is 77.7 Å². The smallest absolute Gasteiger partial charge is 0.255 e. The second-order valence-electron chi connectivity index (χ2n) is 9.42. The Kier molecular flexibility index (Phi) is 7.17. The topological polar surface area (TPSA) is 97.2 Å². The van der Waals surface area contributed by atoms with E-state index in [0.29, 0.717) is 28.0 Å². The first kappa shape index (κ1) is 25.2. The van der Waals surface area contributed by atoms with Gasteiger partial charge in [-0.15, -0.1) is 0 Å². The molecule has 0 bridgehead atoms. The van der Waals surface area contributed by atoms with Crippen molar-refractivity contribution in [2.24, 2.45) is 5.92 Å². The fourth-order valence-electron chi connectivity index (χ4n) is 4.75. The number of fused-ring (bicyclic) bond motifs is 1. The number of halogens is 1. The molecule has 1 N–H and O–H groups in total. The minimum absolute atomic E-state index is 0.0556. The molecule has 192 valence electrons. The number of amides is 1. The summed E-state index contributed by atoms with van der Waals surface area (Å²) in [6, 6.07) is 16.2. The molecule has 1 saturated heterocycles. The number of carbonyl (C=O) groups is 1. The number of hydrogen-bond donors (Lipinski definition) is 1. The summed E-state index contributed by atoms with van der Waals surface area (Å²) in [4.78, 5) is 24.1. The zero-order chi connectivity index (χ0) is 26.0. The summed E-state index contributed by atoms with van der Waals surface area (Å²) in [6.07, 6.45) is 7.39. The molecule has 1 amide bonds. The van der Waals surface area contributed by atoms with Crippen molar-refractivity contribution in [3.63, 3.8) is 0 Å². The molecule has 5 rings (SSSR count). The van der Waals surface area contributed by atoms with E-state index in [2.05, 4.69) is 30.8 Å². The number of rotatable bonds is 7. The Morgan fingerprint density at radius 1 is 1.08 bits per heavy atom. The standard InChI is InChI=1S/C27H28ClN5O3S/c1-37(35,36)22-16-24(31-27(34)20-5-4-6-21(28)15-20)26(29-17-22)32-12-9-19(10-13-32)11-14-33-18-30-23-7-2-3-8-25(23)33/h2-8,15-19H,9-14H2,1H3,(H,31,34). The molecule has 3 heterocycles. The number of pyridine rings is 1. The first-order chi connectivity index (χ1) is 17.8. The first-order valence-electron chi connectivity index (χ1n) is 12.2. The van der Waals surface area contributed by atoms with E-state index in [1.165, 1.54) is 12.3 Å². The Balaban J connectivity index is 1.29. The summed E-state index contributed by atoms with van der Waals surface area (Å²) >= 11 is 6.05. The van der Waals surface area contributed by atoms with Gasteiger partial charge < -0.3 is 14.8 Å². The van der Waals surface area contributed by atoms with Crippen LogP contribution in [0.1, 0.15) is 29.6 Å². The van der Waals surface area contributed by atoms with Gasteiger partial charge in [-0.05, 0) is 61.6 Å². The number of nitrogens with one attached hydrogen (secondary N) is 1. The highest BCUT2D eigenvalue weighted by Crippen LogP contribution is 2.31. The van der Waals surface area contributed by atoms with Gasteiger partial charge in [0, 0.05) is 42.7 Å². The number of hydrogen-bond acceptors (Lipinski definition) is 6. The molecule has 0 atom stereocenters. The second-order valence-corrected chi connectivity index (χ2v) is 11.9. The van der Waals surface area contributed by atoms with Gasteiger partial charge in [0.15, 0.2) is 15.7 Å². The molecule has 0 radical (unpaired) electrons. The van der Waals surface area contributed by atoms with Crippen molar-refractivity contribution in [3.8, 4) is 0 Å². The minimum Gasteiger partial charge on any atom is -0.355 e. The van der Waals surface area contributed by atoms with Crippen molar-refractivity contribution in [1.29, 1.82) is 0 Å². The van der Waals surface area contributed by atoms with Crippen LogP contribution in [-0.4, -0.2) is 48.2 Å². The van der Waals surface area contributed by atoms with Crippen LogP contribution in [0.2, 0.25) is 5.02 Å². The molecule has 37 heavy (non-hydrogen) atoms. The lowest BCUT2D eigenvalue weighted by atomic mass is 9.93. The molecule has 0 saturated carbocycles. The van der Waals surface area contributed by atoms with Gasteiger partial charge in [-0.1, -0.05) is 29.8 Å². The average Bonchev–Trinajstić information content (AvgIpc) is 3.30. The van der Waals surface area contributed by atoms with Gasteiger partial charge in [-0.2, -0.15) is 0 Å². The molecule has 1 aliphatic heterocycles. The van der Waals surface area contributed by atoms with Crippen molar-refractivity contribution in [2.75, 3.05) is 29.6 Å². The zero-order valence-corrected chi connectivity index (χ0v) is 22.0. The van der Waals surface area contributed by atoms with Crippen molar-refractivity contribution in [2.45, 2.75) is 30.7 Å². The van der Waals surface area contributed by atoms with Crippen LogP contribution in [-0.2, 0) is 16.4 Å². The highest BCUT2D eigenvalue weighted by molar-refractivity contribution is 7.90. The van der Waals surface area contributed by atoms with E-state index < -0.39 is 9.84 Å². The number of anilines is 2. The SMILES string of the molecule is CS(=O)(=O)c1cnc(N2CCC(CCn3cnc4ccccc43)CC2)c(NC(=O)c2cccc(Cl)c2)c1. The van der Waals surface area contributed by atoms with E-state index in [1.54, 1.807) is 24.3 Å². The third-order valence-electron chi connectivity index (χ3n) is 6.82. The van der Waals surface area contributed by atoms with Crippen LogP contribution in [0.4, 0.5) is 11.5 Å². The Hall–Kier alpha value is -3.43. The first-order valence-corrected chi connectivity index (χ1v) is 14.5. The number of aromatic nitrogens is 3. The number of piperidine rings is 1. The number of nitrogens with zero attached hydrogens (tertiary/aromatic N) is 4. The van der Waals surface area contributed by atoms with Crippen LogP contribution in [0.3, 0.4) is 0 Å². The van der Waals surface area contributed by atoms with Crippen LogP contribution in [0, 0.1) is 5.92 Å². The van der Waals surface area contributed by atoms with Gasteiger partial charge in [0.25, 0.3) is 5.91 Å². The second kappa shape index (κ2) is 10.5. The minimum atomic E-state index is -3.49. The molecule has 0 aliphatic carbocycles. The van der Waals surface area contributed by atoms with Crippen molar-refractivity contribution >= 4 is 49.9 Å². The van der Waals surface area contributed by atoms with E-state index in [1.807, 2.05) is 24.5 Å². The maximum Gasteiger partial charge on any atom is 0.255 e. The zero-order valence-electron chi connectivity index (χ0n) is 20.5. The number of sulfone groups is 1. The predicted molar refractivity (Wildman–Crippen MR) is 146 cm³/mol. The molecule has 0 spiro atoms. The number of carbonyl (C=O) groups excluding carboxylic acids is 1. The molecule has 1 fully saturated rings. The largest absolute Gasteiger partial charge is 0.355 e. The molecule has 2 aromatic carbocycles. The lowest BCUT2D eigenvalue weighted by Gasteiger charge is -2.34. The average molecular weight is 538 g/mol. The highest BCUT2D eigenvalue weighted by Gasteiger charge is 2.24. The molecular formula is C27H28ClN5O3S. The summed E-state index contributed by atoms with van der Waals surface area (Å²) in [6.45, 7) is 2.44. The maximum atomic E-state index is 12.9. The Morgan fingerprint density at radius 2 is 1.86 bits per heavy atom. The number of imidazole rings is 1. The van der Waals surface area contributed by atoms with Gasteiger partial charge in [0.1, 0.15) is 0 Å².